The van der Waals surface area contributed by atoms with Crippen LogP contribution in [0.25, 0.3) is 0 Å². The van der Waals surface area contributed by atoms with Crippen LogP contribution in [0, 0.1) is 0 Å². The third kappa shape index (κ3) is 1.35. The highest BCUT2D eigenvalue weighted by Gasteiger charge is 2.08. The highest BCUT2D eigenvalue weighted by Crippen LogP contribution is 2.11. The molecule has 0 spiro atoms. The summed E-state index contributed by atoms with van der Waals surface area (Å²) in [5, 5.41) is 0. The smallest absolute Gasteiger partial charge is 0.0421 e. The van der Waals surface area contributed by atoms with Crippen LogP contribution in [0.3, 0.4) is 0 Å². The standard InChI is InChI=1S/C8H13N/c1-7(2)9-5-4-8(3)6-9/h4-5,7H,3,6H2,1-2H3. The van der Waals surface area contributed by atoms with Gasteiger partial charge in [-0.2, -0.15) is 0 Å². The van der Waals surface area contributed by atoms with Crippen LogP contribution in [-0.4, -0.2) is 17.5 Å². The lowest BCUT2D eigenvalue weighted by Crippen LogP contribution is -2.23. The van der Waals surface area contributed by atoms with Crippen LogP contribution in [0.2, 0.25) is 0 Å². The first-order valence-corrected chi connectivity index (χ1v) is 3.32. The van der Waals surface area contributed by atoms with E-state index in [-0.39, 0.29) is 0 Å². The van der Waals surface area contributed by atoms with E-state index in [2.05, 4.69) is 37.6 Å². The first kappa shape index (κ1) is 6.40. The fourth-order valence-corrected chi connectivity index (χ4v) is 0.896. The SMILES string of the molecule is C=C1C=CN(C(C)C)C1. The molecule has 1 aliphatic heterocycles. The zero-order valence-electron chi connectivity index (χ0n) is 6.09. The second-order valence-corrected chi connectivity index (χ2v) is 2.74. The van der Waals surface area contributed by atoms with E-state index >= 15 is 0 Å². The Morgan fingerprint density at radius 3 is 2.56 bits per heavy atom. The van der Waals surface area contributed by atoms with E-state index in [0.717, 1.165) is 6.54 Å². The predicted octanol–water partition coefficient (Wildman–Crippen LogP) is 1.78. The van der Waals surface area contributed by atoms with Gasteiger partial charge >= 0.3 is 0 Å². The summed E-state index contributed by atoms with van der Waals surface area (Å²) in [7, 11) is 0. The second-order valence-electron chi connectivity index (χ2n) is 2.74. The summed E-state index contributed by atoms with van der Waals surface area (Å²) < 4.78 is 0. The molecule has 0 radical (unpaired) electrons. The van der Waals surface area contributed by atoms with Gasteiger partial charge < -0.3 is 4.90 Å². The van der Waals surface area contributed by atoms with Crippen molar-refractivity contribution in [3.8, 4) is 0 Å². The van der Waals surface area contributed by atoms with Crippen LogP contribution in [0.1, 0.15) is 13.8 Å². The number of nitrogens with zero attached hydrogens (tertiary/aromatic N) is 1. The quantitative estimate of drug-likeness (QED) is 0.513. The minimum Gasteiger partial charge on any atom is -0.371 e. The zero-order valence-corrected chi connectivity index (χ0v) is 6.09. The first-order chi connectivity index (χ1) is 4.20. The van der Waals surface area contributed by atoms with Crippen molar-refractivity contribution in [2.24, 2.45) is 0 Å². The molecule has 0 N–H and O–H groups in total. The molecule has 0 bridgehead atoms. The number of hydrogen-bond donors (Lipinski definition) is 0. The second kappa shape index (κ2) is 2.26. The van der Waals surface area contributed by atoms with Gasteiger partial charge in [-0.3, -0.25) is 0 Å². The van der Waals surface area contributed by atoms with E-state index in [1.165, 1.54) is 5.57 Å². The minimum absolute atomic E-state index is 0.612. The Hall–Kier alpha value is -0.720. The maximum atomic E-state index is 3.86. The Kier molecular flexibility index (Phi) is 1.60. The van der Waals surface area contributed by atoms with Gasteiger partial charge in [-0.25, -0.2) is 0 Å². The monoisotopic (exact) mass is 123 g/mol. The molecule has 0 aromatic rings. The third-order valence-electron chi connectivity index (χ3n) is 1.55. The Balaban J connectivity index is 2.50. The molecule has 0 fully saturated rings. The van der Waals surface area contributed by atoms with Crippen LogP contribution in [-0.2, 0) is 0 Å². The molecule has 1 aliphatic rings. The van der Waals surface area contributed by atoms with Crippen LogP contribution in [0.5, 0.6) is 0 Å². The molecule has 0 atom stereocenters. The molecule has 1 heterocycles. The van der Waals surface area contributed by atoms with Gasteiger partial charge in [-0.1, -0.05) is 6.58 Å². The van der Waals surface area contributed by atoms with E-state index < -0.39 is 0 Å². The topological polar surface area (TPSA) is 3.24 Å². The Morgan fingerprint density at radius 2 is 2.33 bits per heavy atom. The highest BCUT2D eigenvalue weighted by atomic mass is 15.1. The van der Waals surface area contributed by atoms with E-state index in [4.69, 9.17) is 0 Å². The average Bonchev–Trinajstić information content (AvgIpc) is 2.14. The maximum Gasteiger partial charge on any atom is 0.0421 e. The highest BCUT2D eigenvalue weighted by molar-refractivity contribution is 5.22. The molecule has 0 aromatic heterocycles. The zero-order chi connectivity index (χ0) is 6.85. The molecule has 1 rings (SSSR count). The van der Waals surface area contributed by atoms with Gasteiger partial charge in [0.2, 0.25) is 0 Å². The summed E-state index contributed by atoms with van der Waals surface area (Å²) in [6, 6.07) is 0.612. The van der Waals surface area contributed by atoms with Crippen molar-refractivity contribution in [1.29, 1.82) is 0 Å². The molecule has 0 aliphatic carbocycles. The van der Waals surface area contributed by atoms with Crippen molar-refractivity contribution in [1.82, 2.24) is 4.90 Å². The van der Waals surface area contributed by atoms with Crippen molar-refractivity contribution in [2.45, 2.75) is 19.9 Å². The van der Waals surface area contributed by atoms with Crippen molar-refractivity contribution < 1.29 is 0 Å². The molecular formula is C8H13N. The van der Waals surface area contributed by atoms with Crippen molar-refractivity contribution in [2.75, 3.05) is 6.54 Å². The summed E-state index contributed by atoms with van der Waals surface area (Å²) >= 11 is 0. The molecule has 0 amide bonds. The molecule has 0 aromatic carbocycles. The average molecular weight is 123 g/mol. The third-order valence-corrected chi connectivity index (χ3v) is 1.55. The fourth-order valence-electron chi connectivity index (χ4n) is 0.896. The van der Waals surface area contributed by atoms with Crippen LogP contribution < -0.4 is 0 Å². The summed E-state index contributed by atoms with van der Waals surface area (Å²) in [4.78, 5) is 2.27. The summed E-state index contributed by atoms with van der Waals surface area (Å²) in [6.07, 6.45) is 4.17. The predicted molar refractivity (Wildman–Crippen MR) is 40.1 cm³/mol. The van der Waals surface area contributed by atoms with Crippen molar-refractivity contribution in [3.63, 3.8) is 0 Å². The van der Waals surface area contributed by atoms with E-state index in [0.29, 0.717) is 6.04 Å². The van der Waals surface area contributed by atoms with E-state index in [9.17, 15) is 0 Å². The normalized spacial score (nSPS) is 18.1. The summed E-state index contributed by atoms with van der Waals surface area (Å²) in [5.41, 5.74) is 1.21. The van der Waals surface area contributed by atoms with Crippen molar-refractivity contribution >= 4 is 0 Å². The summed E-state index contributed by atoms with van der Waals surface area (Å²) in [6.45, 7) is 9.24. The Bertz CT molecular complexity index is 145. The van der Waals surface area contributed by atoms with E-state index in [1.54, 1.807) is 0 Å². The fraction of sp³-hybridized carbons (Fsp3) is 0.500. The van der Waals surface area contributed by atoms with Gasteiger partial charge in [0.15, 0.2) is 0 Å². The molecule has 0 unspecified atom stereocenters. The van der Waals surface area contributed by atoms with Gasteiger partial charge in [-0.15, -0.1) is 0 Å². The first-order valence-electron chi connectivity index (χ1n) is 3.32. The largest absolute Gasteiger partial charge is 0.371 e. The molecule has 1 nitrogen and oxygen atoms in total. The molecule has 9 heavy (non-hydrogen) atoms. The lowest BCUT2D eigenvalue weighted by atomic mass is 10.3. The van der Waals surface area contributed by atoms with Gasteiger partial charge in [-0.05, 0) is 31.7 Å². The molecule has 1 heteroatoms. The number of rotatable bonds is 1. The number of hydrogen-bond acceptors (Lipinski definition) is 1. The van der Waals surface area contributed by atoms with Crippen LogP contribution in [0.4, 0.5) is 0 Å². The summed E-state index contributed by atoms with van der Waals surface area (Å²) in [5.74, 6) is 0. The Morgan fingerprint density at radius 1 is 1.67 bits per heavy atom. The van der Waals surface area contributed by atoms with Gasteiger partial charge in [0, 0.05) is 12.6 Å². The minimum atomic E-state index is 0.612. The molecule has 50 valence electrons. The van der Waals surface area contributed by atoms with Crippen LogP contribution >= 0.6 is 0 Å². The van der Waals surface area contributed by atoms with Gasteiger partial charge in [0.1, 0.15) is 0 Å². The lowest BCUT2D eigenvalue weighted by Gasteiger charge is -2.19. The van der Waals surface area contributed by atoms with Crippen molar-refractivity contribution in [3.05, 3.63) is 24.4 Å². The molecule has 0 saturated heterocycles. The molecular weight excluding hydrogens is 110 g/mol. The van der Waals surface area contributed by atoms with E-state index in [1.807, 2.05) is 0 Å². The van der Waals surface area contributed by atoms with Crippen LogP contribution in [0.15, 0.2) is 24.4 Å². The lowest BCUT2D eigenvalue weighted by molar-refractivity contribution is 0.351. The van der Waals surface area contributed by atoms with Gasteiger partial charge in [0.25, 0.3) is 0 Å². The maximum absolute atomic E-state index is 3.86. The molecule has 0 saturated carbocycles. The Labute approximate surface area is 56.7 Å². The van der Waals surface area contributed by atoms with Gasteiger partial charge in [0.05, 0.1) is 0 Å².